The summed E-state index contributed by atoms with van der Waals surface area (Å²) in [5, 5.41) is 102. The van der Waals surface area contributed by atoms with Crippen molar-refractivity contribution >= 4 is 5.97 Å². The van der Waals surface area contributed by atoms with Crippen molar-refractivity contribution in [3.8, 4) is 0 Å². The van der Waals surface area contributed by atoms with Crippen LogP contribution < -0.4 is 0 Å². The average molecular weight is 777 g/mol. The summed E-state index contributed by atoms with van der Waals surface area (Å²) in [7, 11) is 0. The quantitative estimate of drug-likeness (QED) is 0.0400. The molecule has 0 amide bonds. The van der Waals surface area contributed by atoms with Gasteiger partial charge in [-0.3, -0.25) is 0 Å². The molecule has 1 rings (SSSR count). The zero-order valence-electron chi connectivity index (χ0n) is 33.9. The van der Waals surface area contributed by atoms with Gasteiger partial charge in [-0.25, -0.2) is 4.79 Å². The minimum Gasteiger partial charge on any atom is -0.459 e. The van der Waals surface area contributed by atoms with Crippen LogP contribution in [0.4, 0.5) is 0 Å². The van der Waals surface area contributed by atoms with Gasteiger partial charge in [0, 0.05) is 23.3 Å². The molecule has 1 fully saturated rings. The lowest BCUT2D eigenvalue weighted by atomic mass is 9.82. The third-order valence-corrected chi connectivity index (χ3v) is 10.7. The fourth-order valence-corrected chi connectivity index (χ4v) is 7.16. The number of carbonyl (C=O) groups is 1. The summed E-state index contributed by atoms with van der Waals surface area (Å²) in [5.74, 6) is -1.23. The molecule has 14 nitrogen and oxygen atoms in total. The highest BCUT2D eigenvalue weighted by atomic mass is 16.7. The maximum atomic E-state index is 12.5. The molecule has 0 aromatic rings. The van der Waals surface area contributed by atoms with E-state index in [4.69, 9.17) is 19.3 Å². The molecule has 0 saturated carbocycles. The molecule has 0 spiro atoms. The molecule has 316 valence electrons. The SMILES string of the molecule is CC[C@H](C)C[C@H](C)C[C@H](C)[C@@H](O[C@@H]1O[C@H](CO)[C@@H](O)[C@H](O)[C@H]1O)[C@@H](C)/C=C(\C)[C@@H](O)[C@@H](C)/C=C(\C)[C@@H](O)[C@@H](C)/C=C(\C)C(=O)OC[C@@H](O)[C@H](O)[C@H](O)CO. The molecule has 1 heterocycles. The molecule has 1 aliphatic rings. The predicted molar refractivity (Wildman–Crippen MR) is 202 cm³/mol. The topological polar surface area (TPSA) is 247 Å². The molecular weight excluding hydrogens is 704 g/mol. The normalized spacial score (nSPS) is 28.5. The van der Waals surface area contributed by atoms with Gasteiger partial charge in [0.15, 0.2) is 6.29 Å². The number of ether oxygens (including phenoxy) is 3. The van der Waals surface area contributed by atoms with Crippen LogP contribution in [-0.4, -0.2) is 144 Å². The minimum atomic E-state index is -1.71. The fraction of sp³-hybridized carbons (Fsp3) is 0.825. The second kappa shape index (κ2) is 24.1. The Morgan fingerprint density at radius 3 is 1.78 bits per heavy atom. The van der Waals surface area contributed by atoms with E-state index in [2.05, 4.69) is 20.8 Å². The van der Waals surface area contributed by atoms with Gasteiger partial charge in [-0.1, -0.05) is 73.1 Å². The van der Waals surface area contributed by atoms with Gasteiger partial charge in [0.25, 0.3) is 0 Å². The lowest BCUT2D eigenvalue weighted by Gasteiger charge is -2.42. The van der Waals surface area contributed by atoms with E-state index in [0.717, 1.165) is 19.3 Å². The maximum Gasteiger partial charge on any atom is 0.333 e. The highest BCUT2D eigenvalue weighted by molar-refractivity contribution is 5.87. The van der Waals surface area contributed by atoms with E-state index >= 15 is 0 Å². The van der Waals surface area contributed by atoms with Crippen molar-refractivity contribution in [1.29, 1.82) is 0 Å². The van der Waals surface area contributed by atoms with Gasteiger partial charge in [0.2, 0.25) is 0 Å². The van der Waals surface area contributed by atoms with E-state index in [-0.39, 0.29) is 17.4 Å². The first kappa shape index (κ1) is 50.2. The molecule has 0 aromatic carbocycles. The Morgan fingerprint density at radius 1 is 0.722 bits per heavy atom. The Bertz CT molecular complexity index is 1190. The van der Waals surface area contributed by atoms with Crippen molar-refractivity contribution in [2.45, 2.75) is 156 Å². The number of rotatable bonds is 23. The average Bonchev–Trinajstić information content (AvgIpc) is 3.13. The van der Waals surface area contributed by atoms with Crippen LogP contribution in [0.5, 0.6) is 0 Å². The number of hydrogen-bond acceptors (Lipinski definition) is 14. The van der Waals surface area contributed by atoms with Crippen molar-refractivity contribution in [2.75, 3.05) is 19.8 Å². The number of aliphatic hydroxyl groups excluding tert-OH is 10. The van der Waals surface area contributed by atoms with E-state index in [1.807, 2.05) is 19.9 Å². The van der Waals surface area contributed by atoms with Gasteiger partial charge in [0.1, 0.15) is 49.3 Å². The largest absolute Gasteiger partial charge is 0.459 e. The molecule has 0 unspecified atom stereocenters. The van der Waals surface area contributed by atoms with Crippen LogP contribution >= 0.6 is 0 Å². The summed E-state index contributed by atoms with van der Waals surface area (Å²) in [6.45, 7) is 17.0. The summed E-state index contributed by atoms with van der Waals surface area (Å²) in [4.78, 5) is 12.5. The third-order valence-electron chi connectivity index (χ3n) is 10.7. The first-order chi connectivity index (χ1) is 25.1. The molecular formula is C40H72O14. The lowest BCUT2D eigenvalue weighted by molar-refractivity contribution is -0.317. The van der Waals surface area contributed by atoms with Crippen molar-refractivity contribution in [3.05, 3.63) is 34.9 Å². The lowest BCUT2D eigenvalue weighted by Crippen LogP contribution is -2.60. The van der Waals surface area contributed by atoms with E-state index in [9.17, 15) is 50.8 Å². The molecule has 0 aliphatic carbocycles. The van der Waals surface area contributed by atoms with Crippen LogP contribution in [0.3, 0.4) is 0 Å². The van der Waals surface area contributed by atoms with Gasteiger partial charge < -0.3 is 65.3 Å². The van der Waals surface area contributed by atoms with Crippen LogP contribution in [-0.2, 0) is 19.0 Å². The Balaban J connectivity index is 3.13. The standard InChI is InChI=1S/C40H72O14/c1-11-20(2)12-21(3)13-26(8)38(54-40-37(50)36(49)35(48)31(18-42)53-40)27(9)15-24(6)32(45)22(4)14-23(5)33(46)25(7)16-28(10)39(51)52-19-30(44)34(47)29(43)17-41/h14-16,20-22,25-27,29-38,40-50H,11-13,17-19H2,1-10H3/b23-14+,24-15+,28-16+/t20-,21-,22-,25-,26-,27-,29+,30+,31+,32-,33+,34+,35+,36-,37+,38+,40-/m0/s1. The van der Waals surface area contributed by atoms with Crippen LogP contribution in [0.15, 0.2) is 34.9 Å². The Morgan fingerprint density at radius 2 is 1.26 bits per heavy atom. The second-order valence-corrected chi connectivity index (χ2v) is 15.9. The Labute approximate surface area is 321 Å². The molecule has 0 aromatic heterocycles. The summed E-state index contributed by atoms with van der Waals surface area (Å²) < 4.78 is 17.1. The van der Waals surface area contributed by atoms with Crippen molar-refractivity contribution < 1.29 is 70.1 Å². The Kier molecular flexibility index (Phi) is 22.4. The van der Waals surface area contributed by atoms with E-state index in [1.165, 1.54) is 13.0 Å². The van der Waals surface area contributed by atoms with Crippen LogP contribution in [0.1, 0.15) is 88.5 Å². The monoisotopic (exact) mass is 776 g/mol. The van der Waals surface area contributed by atoms with E-state index in [1.54, 1.807) is 33.8 Å². The molecule has 54 heavy (non-hydrogen) atoms. The molecule has 0 bridgehead atoms. The molecule has 17 atom stereocenters. The summed E-state index contributed by atoms with van der Waals surface area (Å²) >= 11 is 0. The van der Waals surface area contributed by atoms with E-state index < -0.39 is 105 Å². The summed E-state index contributed by atoms with van der Waals surface area (Å²) in [6, 6.07) is 0. The van der Waals surface area contributed by atoms with Gasteiger partial charge >= 0.3 is 5.97 Å². The van der Waals surface area contributed by atoms with Crippen LogP contribution in [0.2, 0.25) is 0 Å². The van der Waals surface area contributed by atoms with Crippen molar-refractivity contribution in [2.24, 2.45) is 35.5 Å². The van der Waals surface area contributed by atoms with Gasteiger partial charge in [-0.2, -0.15) is 0 Å². The van der Waals surface area contributed by atoms with Gasteiger partial charge in [-0.05, 0) is 62.5 Å². The van der Waals surface area contributed by atoms with Gasteiger partial charge in [0.05, 0.1) is 31.5 Å². The zero-order valence-corrected chi connectivity index (χ0v) is 33.9. The highest BCUT2D eigenvalue weighted by Gasteiger charge is 2.45. The van der Waals surface area contributed by atoms with Crippen LogP contribution in [0.25, 0.3) is 0 Å². The minimum absolute atomic E-state index is 0.0477. The number of esters is 1. The third kappa shape index (κ3) is 15.3. The first-order valence-corrected chi connectivity index (χ1v) is 19.3. The van der Waals surface area contributed by atoms with E-state index in [0.29, 0.717) is 23.0 Å². The predicted octanol–water partition coefficient (Wildman–Crippen LogP) is 1.36. The molecule has 14 heteroatoms. The summed E-state index contributed by atoms with van der Waals surface area (Å²) in [6.07, 6.45) is -6.45. The number of aliphatic hydroxyl groups is 10. The molecule has 0 radical (unpaired) electrons. The van der Waals surface area contributed by atoms with Crippen molar-refractivity contribution in [3.63, 3.8) is 0 Å². The molecule has 1 aliphatic heterocycles. The van der Waals surface area contributed by atoms with Crippen molar-refractivity contribution in [1.82, 2.24) is 0 Å². The highest BCUT2D eigenvalue weighted by Crippen LogP contribution is 2.33. The number of hydrogen-bond donors (Lipinski definition) is 10. The Hall–Kier alpha value is -1.79. The first-order valence-electron chi connectivity index (χ1n) is 19.3. The second-order valence-electron chi connectivity index (χ2n) is 15.9. The van der Waals surface area contributed by atoms with Gasteiger partial charge in [-0.15, -0.1) is 0 Å². The van der Waals surface area contributed by atoms with Crippen LogP contribution in [0, 0.1) is 35.5 Å². The maximum absolute atomic E-state index is 12.5. The number of carbonyl (C=O) groups excluding carboxylic acids is 1. The fourth-order valence-electron chi connectivity index (χ4n) is 7.16. The molecule has 10 N–H and O–H groups in total. The smallest absolute Gasteiger partial charge is 0.333 e. The zero-order chi connectivity index (χ0) is 41.6. The summed E-state index contributed by atoms with van der Waals surface area (Å²) in [5.41, 5.74) is 1.33. The molecule has 1 saturated heterocycles.